The summed E-state index contributed by atoms with van der Waals surface area (Å²) in [6.07, 6.45) is 3.54. The molecule has 3 atom stereocenters. The molecule has 0 aliphatic carbocycles. The molecule has 3 aliphatic rings. The van der Waals surface area contributed by atoms with Crippen LogP contribution >= 0.6 is 34.6 Å². The van der Waals surface area contributed by atoms with Gasteiger partial charge in [0, 0.05) is 59.7 Å². The SMILES string of the molecule is O=C(C1CCSC1)N1C2CCC1CN(I)C2. The summed E-state index contributed by atoms with van der Waals surface area (Å²) in [6.45, 7) is 2.14. The lowest BCUT2D eigenvalue weighted by atomic mass is 10.1. The average molecular weight is 352 g/mol. The van der Waals surface area contributed by atoms with Gasteiger partial charge in [-0.2, -0.15) is 11.8 Å². The van der Waals surface area contributed by atoms with E-state index in [9.17, 15) is 4.79 Å². The van der Waals surface area contributed by atoms with Gasteiger partial charge in [0.1, 0.15) is 0 Å². The Morgan fingerprint density at radius 1 is 1.19 bits per heavy atom. The van der Waals surface area contributed by atoms with E-state index >= 15 is 0 Å². The van der Waals surface area contributed by atoms with Crippen molar-refractivity contribution in [3.8, 4) is 0 Å². The van der Waals surface area contributed by atoms with Crippen molar-refractivity contribution >= 4 is 40.5 Å². The minimum Gasteiger partial charge on any atom is -0.334 e. The highest BCUT2D eigenvalue weighted by atomic mass is 127. The molecule has 0 saturated carbocycles. The maximum absolute atomic E-state index is 12.5. The number of rotatable bonds is 1. The lowest BCUT2D eigenvalue weighted by Gasteiger charge is -2.39. The molecule has 2 bridgehead atoms. The molecule has 3 rings (SSSR count). The van der Waals surface area contributed by atoms with Crippen LogP contribution in [0.1, 0.15) is 19.3 Å². The number of halogens is 1. The third kappa shape index (κ3) is 1.99. The van der Waals surface area contributed by atoms with Crippen LogP contribution in [0.4, 0.5) is 0 Å². The number of amides is 1. The summed E-state index contributed by atoms with van der Waals surface area (Å²) in [4.78, 5) is 14.7. The highest BCUT2D eigenvalue weighted by Gasteiger charge is 2.44. The van der Waals surface area contributed by atoms with Crippen LogP contribution in [-0.2, 0) is 4.79 Å². The predicted molar refractivity (Wildman–Crippen MR) is 74.7 cm³/mol. The zero-order valence-electron chi connectivity index (χ0n) is 9.27. The van der Waals surface area contributed by atoms with E-state index in [0.29, 0.717) is 23.9 Å². The lowest BCUT2D eigenvalue weighted by molar-refractivity contribution is -0.139. The van der Waals surface area contributed by atoms with Crippen molar-refractivity contribution in [3.63, 3.8) is 0 Å². The van der Waals surface area contributed by atoms with E-state index in [0.717, 1.165) is 25.3 Å². The van der Waals surface area contributed by atoms with Gasteiger partial charge in [-0.15, -0.1) is 0 Å². The smallest absolute Gasteiger partial charge is 0.227 e. The Morgan fingerprint density at radius 3 is 2.44 bits per heavy atom. The number of fused-ring (bicyclic) bond motifs is 2. The normalized spacial score (nSPS) is 39.3. The molecule has 3 unspecified atom stereocenters. The van der Waals surface area contributed by atoms with Crippen LogP contribution in [0.2, 0.25) is 0 Å². The van der Waals surface area contributed by atoms with E-state index in [2.05, 4.69) is 30.9 Å². The molecule has 16 heavy (non-hydrogen) atoms. The molecule has 3 heterocycles. The number of thioether (sulfide) groups is 1. The van der Waals surface area contributed by atoms with E-state index in [-0.39, 0.29) is 0 Å². The van der Waals surface area contributed by atoms with E-state index < -0.39 is 0 Å². The van der Waals surface area contributed by atoms with E-state index in [1.165, 1.54) is 18.6 Å². The van der Waals surface area contributed by atoms with Gasteiger partial charge in [0.25, 0.3) is 0 Å². The van der Waals surface area contributed by atoms with Crippen molar-refractivity contribution in [2.75, 3.05) is 24.6 Å². The van der Waals surface area contributed by atoms with Gasteiger partial charge in [-0.05, 0) is 25.0 Å². The Balaban J connectivity index is 1.72. The maximum atomic E-state index is 12.5. The lowest BCUT2D eigenvalue weighted by Crippen LogP contribution is -2.54. The fourth-order valence-electron chi connectivity index (χ4n) is 3.15. The first-order valence-corrected chi connectivity index (χ1v) is 8.18. The van der Waals surface area contributed by atoms with Crippen LogP contribution < -0.4 is 0 Å². The van der Waals surface area contributed by atoms with Crippen LogP contribution in [0.5, 0.6) is 0 Å². The highest BCUT2D eigenvalue weighted by molar-refractivity contribution is 14.1. The molecule has 3 saturated heterocycles. The van der Waals surface area contributed by atoms with Crippen LogP contribution in [0, 0.1) is 5.92 Å². The molecule has 3 fully saturated rings. The number of carbonyl (C=O) groups is 1. The van der Waals surface area contributed by atoms with E-state index in [4.69, 9.17) is 0 Å². The van der Waals surface area contributed by atoms with Gasteiger partial charge < -0.3 is 4.90 Å². The largest absolute Gasteiger partial charge is 0.334 e. The van der Waals surface area contributed by atoms with Crippen molar-refractivity contribution in [2.24, 2.45) is 5.92 Å². The standard InChI is InChI=1S/C11H17IN2OS/c12-13-5-9-1-2-10(6-13)14(9)11(15)8-3-4-16-7-8/h8-10H,1-7H2. The van der Waals surface area contributed by atoms with Gasteiger partial charge in [0.2, 0.25) is 5.91 Å². The molecule has 0 aromatic carbocycles. The zero-order chi connectivity index (χ0) is 11.1. The minimum absolute atomic E-state index is 0.328. The van der Waals surface area contributed by atoms with E-state index in [1.54, 1.807) is 0 Å². The fourth-order valence-corrected chi connectivity index (χ4v) is 5.27. The maximum Gasteiger partial charge on any atom is 0.227 e. The molecule has 0 spiro atoms. The first kappa shape index (κ1) is 11.6. The second-order valence-corrected chi connectivity index (χ2v) is 7.53. The molecule has 90 valence electrons. The molecule has 0 radical (unpaired) electrons. The van der Waals surface area contributed by atoms with Crippen molar-refractivity contribution in [2.45, 2.75) is 31.3 Å². The molecule has 5 heteroatoms. The van der Waals surface area contributed by atoms with Gasteiger partial charge in [0.15, 0.2) is 0 Å². The molecular weight excluding hydrogens is 335 g/mol. The Kier molecular flexibility index (Phi) is 3.37. The zero-order valence-corrected chi connectivity index (χ0v) is 12.2. The van der Waals surface area contributed by atoms with Crippen LogP contribution in [-0.4, -0.2) is 50.6 Å². The first-order chi connectivity index (χ1) is 7.75. The number of hydrogen-bond acceptors (Lipinski definition) is 3. The summed E-state index contributed by atoms with van der Waals surface area (Å²) in [6, 6.07) is 1.02. The molecule has 0 N–H and O–H groups in total. The number of carbonyl (C=O) groups excluding carboxylic acids is 1. The molecular formula is C11H17IN2OS. The quantitative estimate of drug-likeness (QED) is 0.531. The highest BCUT2D eigenvalue weighted by Crippen LogP contribution is 2.35. The summed E-state index contributed by atoms with van der Waals surface area (Å²) in [5.74, 6) is 3.02. The van der Waals surface area contributed by atoms with Crippen LogP contribution in [0.15, 0.2) is 0 Å². The number of hydrogen-bond donors (Lipinski definition) is 0. The molecule has 1 amide bonds. The van der Waals surface area contributed by atoms with Crippen molar-refractivity contribution in [1.29, 1.82) is 0 Å². The Morgan fingerprint density at radius 2 is 1.88 bits per heavy atom. The van der Waals surface area contributed by atoms with Crippen molar-refractivity contribution < 1.29 is 4.79 Å². The molecule has 3 nitrogen and oxygen atoms in total. The molecule has 3 aliphatic heterocycles. The second-order valence-electron chi connectivity index (χ2n) is 5.02. The molecule has 0 aromatic rings. The monoisotopic (exact) mass is 352 g/mol. The van der Waals surface area contributed by atoms with Crippen LogP contribution in [0.25, 0.3) is 0 Å². The third-order valence-corrected chi connectivity index (χ3v) is 5.92. The fraction of sp³-hybridized carbons (Fsp3) is 0.909. The summed E-state index contributed by atoms with van der Waals surface area (Å²) >= 11 is 4.34. The minimum atomic E-state index is 0.328. The van der Waals surface area contributed by atoms with Gasteiger partial charge in [0.05, 0.1) is 0 Å². The van der Waals surface area contributed by atoms with Crippen LogP contribution in [0.3, 0.4) is 0 Å². The van der Waals surface area contributed by atoms with Crippen molar-refractivity contribution in [3.05, 3.63) is 0 Å². The third-order valence-electron chi connectivity index (χ3n) is 3.97. The predicted octanol–water partition coefficient (Wildman–Crippen LogP) is 1.76. The summed E-state index contributed by atoms with van der Waals surface area (Å²) in [5, 5.41) is 0. The van der Waals surface area contributed by atoms with E-state index in [1.807, 2.05) is 11.8 Å². The van der Waals surface area contributed by atoms with Gasteiger partial charge >= 0.3 is 0 Å². The second kappa shape index (κ2) is 4.65. The Bertz CT molecular complexity index is 282. The van der Waals surface area contributed by atoms with Gasteiger partial charge in [-0.3, -0.25) is 4.79 Å². The summed E-state index contributed by atoms with van der Waals surface area (Å²) in [5.41, 5.74) is 0. The molecule has 0 aromatic heterocycles. The Labute approximate surface area is 115 Å². The topological polar surface area (TPSA) is 23.6 Å². The average Bonchev–Trinajstić information content (AvgIpc) is 2.85. The summed E-state index contributed by atoms with van der Waals surface area (Å²) < 4.78 is 2.35. The summed E-state index contributed by atoms with van der Waals surface area (Å²) in [7, 11) is 0. The van der Waals surface area contributed by atoms with Gasteiger partial charge in [-0.25, -0.2) is 3.11 Å². The first-order valence-electron chi connectivity index (χ1n) is 6.06. The number of piperazine rings is 1. The van der Waals surface area contributed by atoms with Crippen molar-refractivity contribution in [1.82, 2.24) is 8.01 Å². The Hall–Kier alpha value is 0.510. The van der Waals surface area contributed by atoms with Gasteiger partial charge in [-0.1, -0.05) is 0 Å². The number of nitrogens with zero attached hydrogens (tertiary/aromatic N) is 2.